The van der Waals surface area contributed by atoms with Crippen molar-refractivity contribution >= 4 is 5.82 Å². The lowest BCUT2D eigenvalue weighted by atomic mass is 9.96. The van der Waals surface area contributed by atoms with E-state index in [2.05, 4.69) is 14.9 Å². The van der Waals surface area contributed by atoms with Crippen molar-refractivity contribution in [2.24, 2.45) is 0 Å². The van der Waals surface area contributed by atoms with Crippen LogP contribution in [0.25, 0.3) is 0 Å². The van der Waals surface area contributed by atoms with Crippen LogP contribution in [-0.2, 0) is 17.6 Å². The van der Waals surface area contributed by atoms with E-state index in [1.54, 1.807) is 6.33 Å². The van der Waals surface area contributed by atoms with Gasteiger partial charge < -0.3 is 9.64 Å². The third-order valence-electron chi connectivity index (χ3n) is 3.41. The molecule has 86 valence electrons. The van der Waals surface area contributed by atoms with Crippen LogP contribution in [0, 0.1) is 0 Å². The molecule has 2 aliphatic rings. The molecular weight excluding hydrogens is 202 g/mol. The smallest absolute Gasteiger partial charge is 0.135 e. The second kappa shape index (κ2) is 4.37. The summed E-state index contributed by atoms with van der Waals surface area (Å²) in [4.78, 5) is 11.2. The Morgan fingerprint density at radius 1 is 1.06 bits per heavy atom. The Balaban J connectivity index is 1.93. The average molecular weight is 219 g/mol. The quantitative estimate of drug-likeness (QED) is 0.711. The number of fused-ring (bicyclic) bond motifs is 1. The molecule has 2 heterocycles. The molecule has 0 saturated carbocycles. The summed E-state index contributed by atoms with van der Waals surface area (Å²) < 4.78 is 5.38. The number of hydrogen-bond donors (Lipinski definition) is 0. The van der Waals surface area contributed by atoms with E-state index in [1.807, 2.05) is 0 Å². The summed E-state index contributed by atoms with van der Waals surface area (Å²) in [5, 5.41) is 0. The van der Waals surface area contributed by atoms with E-state index in [1.165, 1.54) is 24.1 Å². The van der Waals surface area contributed by atoms with Gasteiger partial charge in [0, 0.05) is 24.3 Å². The Morgan fingerprint density at radius 3 is 2.75 bits per heavy atom. The number of aryl methyl sites for hydroxylation is 1. The van der Waals surface area contributed by atoms with Gasteiger partial charge in [0.25, 0.3) is 0 Å². The van der Waals surface area contributed by atoms with Gasteiger partial charge in [-0.2, -0.15) is 0 Å². The predicted octanol–water partition coefficient (Wildman–Crippen LogP) is 1.19. The van der Waals surface area contributed by atoms with E-state index in [0.29, 0.717) is 0 Å². The highest BCUT2D eigenvalue weighted by molar-refractivity contribution is 5.49. The number of nitrogens with zero attached hydrogens (tertiary/aromatic N) is 3. The number of morpholine rings is 1. The molecule has 0 aromatic carbocycles. The molecule has 1 aromatic rings. The molecule has 3 rings (SSSR count). The van der Waals surface area contributed by atoms with Crippen molar-refractivity contribution in [2.75, 3.05) is 31.2 Å². The maximum Gasteiger partial charge on any atom is 0.135 e. The molecule has 4 nitrogen and oxygen atoms in total. The first kappa shape index (κ1) is 10.0. The van der Waals surface area contributed by atoms with Crippen LogP contribution < -0.4 is 4.90 Å². The van der Waals surface area contributed by atoms with Gasteiger partial charge in [0.05, 0.1) is 13.2 Å². The maximum atomic E-state index is 5.38. The van der Waals surface area contributed by atoms with Gasteiger partial charge in [0.1, 0.15) is 12.1 Å². The summed E-state index contributed by atoms with van der Waals surface area (Å²) in [5.41, 5.74) is 2.65. The standard InChI is InChI=1S/C12H17N3O/c1-2-4-11-10(3-1)12(14-9-13-11)15-5-7-16-8-6-15/h9H,1-8H2. The van der Waals surface area contributed by atoms with Gasteiger partial charge in [-0.1, -0.05) is 0 Å². The van der Waals surface area contributed by atoms with E-state index in [9.17, 15) is 0 Å². The first-order valence-corrected chi connectivity index (χ1v) is 6.10. The van der Waals surface area contributed by atoms with Gasteiger partial charge in [-0.25, -0.2) is 9.97 Å². The zero-order valence-corrected chi connectivity index (χ0v) is 9.48. The summed E-state index contributed by atoms with van der Waals surface area (Å²) in [6.07, 6.45) is 6.53. The van der Waals surface area contributed by atoms with E-state index in [-0.39, 0.29) is 0 Å². The molecule has 1 aliphatic heterocycles. The number of ether oxygens (including phenoxy) is 1. The summed E-state index contributed by atoms with van der Waals surface area (Å²) >= 11 is 0. The minimum atomic E-state index is 0.818. The van der Waals surface area contributed by atoms with E-state index < -0.39 is 0 Å². The van der Waals surface area contributed by atoms with Gasteiger partial charge in [0.2, 0.25) is 0 Å². The second-order valence-electron chi connectivity index (χ2n) is 4.43. The predicted molar refractivity (Wildman–Crippen MR) is 61.7 cm³/mol. The largest absolute Gasteiger partial charge is 0.378 e. The van der Waals surface area contributed by atoms with Crippen molar-refractivity contribution in [3.8, 4) is 0 Å². The number of rotatable bonds is 1. The minimum Gasteiger partial charge on any atom is -0.378 e. The van der Waals surface area contributed by atoms with Crippen LogP contribution in [0.4, 0.5) is 5.82 Å². The lowest BCUT2D eigenvalue weighted by molar-refractivity contribution is 0.122. The fourth-order valence-corrected chi connectivity index (χ4v) is 2.55. The SMILES string of the molecule is c1nc2c(c(N3CCOCC3)n1)CCCC2. The molecule has 0 bridgehead atoms. The third-order valence-corrected chi connectivity index (χ3v) is 3.41. The Bertz CT molecular complexity index is 375. The van der Waals surface area contributed by atoms with E-state index in [4.69, 9.17) is 4.74 Å². The molecule has 1 aliphatic carbocycles. The molecule has 1 aromatic heterocycles. The first-order valence-electron chi connectivity index (χ1n) is 6.10. The molecule has 16 heavy (non-hydrogen) atoms. The lowest BCUT2D eigenvalue weighted by Crippen LogP contribution is -2.37. The van der Waals surface area contributed by atoms with Gasteiger partial charge in [-0.15, -0.1) is 0 Å². The second-order valence-corrected chi connectivity index (χ2v) is 4.43. The van der Waals surface area contributed by atoms with Gasteiger partial charge >= 0.3 is 0 Å². The molecule has 0 spiro atoms. The molecule has 1 saturated heterocycles. The average Bonchev–Trinajstić information content (AvgIpc) is 2.39. The van der Waals surface area contributed by atoms with E-state index >= 15 is 0 Å². The minimum absolute atomic E-state index is 0.818. The summed E-state index contributed by atoms with van der Waals surface area (Å²) in [6.45, 7) is 3.56. The normalized spacial score (nSPS) is 20.6. The third kappa shape index (κ3) is 1.78. The maximum absolute atomic E-state index is 5.38. The van der Waals surface area contributed by atoms with Gasteiger partial charge in [-0.05, 0) is 25.7 Å². The number of hydrogen-bond acceptors (Lipinski definition) is 4. The molecular formula is C12H17N3O. The zero-order valence-electron chi connectivity index (χ0n) is 9.48. The molecule has 1 fully saturated rings. The zero-order chi connectivity index (χ0) is 10.8. The summed E-state index contributed by atoms with van der Waals surface area (Å²) in [7, 11) is 0. The highest BCUT2D eigenvalue weighted by atomic mass is 16.5. The summed E-state index contributed by atoms with van der Waals surface area (Å²) in [6, 6.07) is 0. The molecule has 0 unspecified atom stereocenters. The summed E-state index contributed by atoms with van der Waals surface area (Å²) in [5.74, 6) is 1.16. The number of anilines is 1. The molecule has 0 amide bonds. The Kier molecular flexibility index (Phi) is 2.74. The topological polar surface area (TPSA) is 38.2 Å². The van der Waals surface area contributed by atoms with Crippen LogP contribution in [0.1, 0.15) is 24.1 Å². The van der Waals surface area contributed by atoms with Crippen molar-refractivity contribution in [3.05, 3.63) is 17.6 Å². The monoisotopic (exact) mass is 219 g/mol. The number of aromatic nitrogens is 2. The van der Waals surface area contributed by atoms with Crippen LogP contribution in [0.5, 0.6) is 0 Å². The highest BCUT2D eigenvalue weighted by Gasteiger charge is 2.20. The molecule has 0 atom stereocenters. The van der Waals surface area contributed by atoms with E-state index in [0.717, 1.165) is 45.0 Å². The van der Waals surface area contributed by atoms with Gasteiger partial charge in [-0.3, -0.25) is 0 Å². The fourth-order valence-electron chi connectivity index (χ4n) is 2.55. The van der Waals surface area contributed by atoms with Crippen molar-refractivity contribution in [2.45, 2.75) is 25.7 Å². The first-order chi connectivity index (χ1) is 7.95. The van der Waals surface area contributed by atoms with Crippen molar-refractivity contribution in [1.82, 2.24) is 9.97 Å². The van der Waals surface area contributed by atoms with Crippen LogP contribution in [0.3, 0.4) is 0 Å². The van der Waals surface area contributed by atoms with Crippen LogP contribution in [-0.4, -0.2) is 36.3 Å². The Morgan fingerprint density at radius 2 is 1.88 bits per heavy atom. The van der Waals surface area contributed by atoms with Crippen molar-refractivity contribution in [1.29, 1.82) is 0 Å². The van der Waals surface area contributed by atoms with Crippen LogP contribution in [0.15, 0.2) is 6.33 Å². The highest BCUT2D eigenvalue weighted by Crippen LogP contribution is 2.27. The molecule has 4 heteroatoms. The van der Waals surface area contributed by atoms with Crippen molar-refractivity contribution in [3.63, 3.8) is 0 Å². The fraction of sp³-hybridized carbons (Fsp3) is 0.667. The lowest BCUT2D eigenvalue weighted by Gasteiger charge is -2.30. The Labute approximate surface area is 95.7 Å². The van der Waals surface area contributed by atoms with Crippen LogP contribution in [0.2, 0.25) is 0 Å². The molecule has 0 radical (unpaired) electrons. The Hall–Kier alpha value is -1.16. The molecule has 0 N–H and O–H groups in total. The van der Waals surface area contributed by atoms with Crippen LogP contribution >= 0.6 is 0 Å². The van der Waals surface area contributed by atoms with Gasteiger partial charge in [0.15, 0.2) is 0 Å². The van der Waals surface area contributed by atoms with Crippen molar-refractivity contribution < 1.29 is 4.74 Å².